The summed E-state index contributed by atoms with van der Waals surface area (Å²) in [4.78, 5) is 26.1. The van der Waals surface area contributed by atoms with E-state index >= 15 is 0 Å². The molecule has 0 atom stereocenters. The van der Waals surface area contributed by atoms with Crippen molar-refractivity contribution in [1.29, 1.82) is 0 Å². The molecule has 0 aliphatic carbocycles. The lowest BCUT2D eigenvalue weighted by atomic mass is 10.3. The molecule has 1 aliphatic rings. The molecule has 0 saturated carbocycles. The van der Waals surface area contributed by atoms with E-state index in [0.717, 1.165) is 16.3 Å². The van der Waals surface area contributed by atoms with E-state index in [2.05, 4.69) is 20.4 Å². The van der Waals surface area contributed by atoms with Gasteiger partial charge in [0.05, 0.1) is 29.0 Å². The summed E-state index contributed by atoms with van der Waals surface area (Å²) in [7, 11) is 3.55. The lowest BCUT2D eigenvalue weighted by molar-refractivity contribution is -0.120. The number of guanidine groups is 1. The number of aliphatic imine (C=N–C) groups is 1. The molecule has 11 heteroatoms. The summed E-state index contributed by atoms with van der Waals surface area (Å²) in [6, 6.07) is 3.94. The van der Waals surface area contributed by atoms with Gasteiger partial charge in [0.25, 0.3) is 0 Å². The molecule has 0 unspecified atom stereocenters. The van der Waals surface area contributed by atoms with E-state index in [4.69, 9.17) is 4.42 Å². The Labute approximate surface area is 189 Å². The fraction of sp³-hybridized carbons (Fsp3) is 0.333. The Morgan fingerprint density at radius 3 is 2.93 bits per heavy atom. The van der Waals surface area contributed by atoms with Gasteiger partial charge in [-0.1, -0.05) is 6.07 Å². The van der Waals surface area contributed by atoms with Crippen LogP contribution in [0.2, 0.25) is 0 Å². The number of carbonyl (C=O) groups is 1. The van der Waals surface area contributed by atoms with Crippen molar-refractivity contribution in [2.45, 2.75) is 6.54 Å². The van der Waals surface area contributed by atoms with Gasteiger partial charge in [-0.25, -0.2) is 4.98 Å². The number of rotatable bonds is 4. The van der Waals surface area contributed by atoms with Gasteiger partial charge in [-0.05, 0) is 11.4 Å². The fourth-order valence-electron chi connectivity index (χ4n) is 3.08. The molecule has 29 heavy (non-hydrogen) atoms. The van der Waals surface area contributed by atoms with Gasteiger partial charge in [-0.3, -0.25) is 14.5 Å². The number of halogens is 1. The third kappa shape index (κ3) is 4.78. The zero-order chi connectivity index (χ0) is 19.5. The molecule has 0 spiro atoms. The first-order valence-corrected chi connectivity index (χ1v) is 9.75. The van der Waals surface area contributed by atoms with E-state index < -0.39 is 0 Å². The van der Waals surface area contributed by atoms with E-state index in [9.17, 15) is 4.79 Å². The van der Waals surface area contributed by atoms with Gasteiger partial charge in [0.2, 0.25) is 11.8 Å². The summed E-state index contributed by atoms with van der Waals surface area (Å²) < 4.78 is 7.23. The van der Waals surface area contributed by atoms with Gasteiger partial charge in [0, 0.05) is 33.4 Å². The molecule has 1 N–H and O–H groups in total. The number of anilines is 1. The minimum atomic E-state index is 0. The zero-order valence-corrected chi connectivity index (χ0v) is 19.3. The molecule has 0 radical (unpaired) electrons. The van der Waals surface area contributed by atoms with Crippen molar-refractivity contribution in [3.05, 3.63) is 41.9 Å². The van der Waals surface area contributed by atoms with Crippen LogP contribution in [-0.2, 0) is 18.4 Å². The van der Waals surface area contributed by atoms with Gasteiger partial charge < -0.3 is 19.5 Å². The maximum absolute atomic E-state index is 12.6. The molecule has 3 aromatic heterocycles. The van der Waals surface area contributed by atoms with Gasteiger partial charge in [-0.2, -0.15) is 5.10 Å². The first-order valence-electron chi connectivity index (χ1n) is 8.87. The van der Waals surface area contributed by atoms with Crippen LogP contribution in [0.5, 0.6) is 0 Å². The molecule has 4 heterocycles. The molecule has 0 aromatic carbocycles. The SMILES string of the molecule is CN=C(NCc1coc(-c2cccs2)n1)N1CCN(c2cnn(C)c2)C(=O)C1.I. The number of thiophene rings is 1. The van der Waals surface area contributed by atoms with Crippen molar-refractivity contribution in [3.8, 4) is 10.8 Å². The topological polar surface area (TPSA) is 91.8 Å². The largest absolute Gasteiger partial charge is 0.443 e. The minimum Gasteiger partial charge on any atom is -0.443 e. The summed E-state index contributed by atoms with van der Waals surface area (Å²) in [5.41, 5.74) is 1.60. The molecule has 9 nitrogen and oxygen atoms in total. The average Bonchev–Trinajstić information content (AvgIpc) is 3.44. The highest BCUT2D eigenvalue weighted by Gasteiger charge is 2.27. The molecule has 154 valence electrons. The molecule has 3 aromatic rings. The Bertz CT molecular complexity index is 982. The molecular formula is C18H22IN7O2S. The van der Waals surface area contributed by atoms with Crippen LogP contribution >= 0.6 is 35.3 Å². The van der Waals surface area contributed by atoms with Crippen molar-refractivity contribution in [3.63, 3.8) is 0 Å². The molecule has 1 saturated heterocycles. The molecule has 4 rings (SSSR count). The third-order valence-corrected chi connectivity index (χ3v) is 5.30. The van der Waals surface area contributed by atoms with E-state index in [1.807, 2.05) is 35.7 Å². The Balaban J connectivity index is 0.00000240. The zero-order valence-electron chi connectivity index (χ0n) is 16.1. The number of hydrogen-bond donors (Lipinski definition) is 1. The predicted molar refractivity (Wildman–Crippen MR) is 123 cm³/mol. The van der Waals surface area contributed by atoms with E-state index in [1.165, 1.54) is 0 Å². The fourth-order valence-corrected chi connectivity index (χ4v) is 3.73. The standard InChI is InChI=1S/C18H21N7O2S.HI/c1-19-18(20-8-13-12-27-17(22-13)15-4-3-7-28-15)24-5-6-25(16(26)11-24)14-9-21-23(2)10-14;/h3-4,7,9-10,12H,5-6,8,11H2,1-2H3,(H,19,20);1H. The van der Waals surface area contributed by atoms with Crippen LogP contribution in [0, 0.1) is 0 Å². The van der Waals surface area contributed by atoms with Crippen molar-refractivity contribution >= 4 is 52.9 Å². The summed E-state index contributed by atoms with van der Waals surface area (Å²) in [5.74, 6) is 1.30. The third-order valence-electron chi connectivity index (χ3n) is 4.45. The number of amides is 1. The van der Waals surface area contributed by atoms with E-state index in [-0.39, 0.29) is 36.4 Å². The Hall–Kier alpha value is -2.41. The monoisotopic (exact) mass is 527 g/mol. The van der Waals surface area contributed by atoms with Gasteiger partial charge >= 0.3 is 0 Å². The second kappa shape index (κ2) is 9.39. The molecule has 0 bridgehead atoms. The summed E-state index contributed by atoms with van der Waals surface area (Å²) in [5, 5.41) is 9.39. The van der Waals surface area contributed by atoms with Gasteiger partial charge in [0.1, 0.15) is 12.8 Å². The van der Waals surface area contributed by atoms with Crippen molar-refractivity contribution < 1.29 is 9.21 Å². The first kappa shape index (κ1) is 21.3. The number of oxazole rings is 1. The normalized spacial score (nSPS) is 14.8. The average molecular weight is 527 g/mol. The van der Waals surface area contributed by atoms with Gasteiger partial charge in [0.15, 0.2) is 5.96 Å². The molecule has 1 amide bonds. The second-order valence-electron chi connectivity index (χ2n) is 6.36. The van der Waals surface area contributed by atoms with Gasteiger partial charge in [-0.15, -0.1) is 35.3 Å². The first-order chi connectivity index (χ1) is 13.6. The quantitative estimate of drug-likeness (QED) is 0.318. The second-order valence-corrected chi connectivity index (χ2v) is 7.31. The van der Waals surface area contributed by atoms with Crippen LogP contribution in [0.4, 0.5) is 5.69 Å². The van der Waals surface area contributed by atoms with Crippen LogP contribution in [-0.4, -0.2) is 58.2 Å². The van der Waals surface area contributed by atoms with Crippen molar-refractivity contribution in [2.24, 2.45) is 12.0 Å². The number of carbonyl (C=O) groups excluding carboxylic acids is 1. The highest BCUT2D eigenvalue weighted by Crippen LogP contribution is 2.23. The number of aromatic nitrogens is 3. The highest BCUT2D eigenvalue weighted by atomic mass is 127. The maximum atomic E-state index is 12.6. The van der Waals surface area contributed by atoms with Crippen molar-refractivity contribution in [2.75, 3.05) is 31.6 Å². The minimum absolute atomic E-state index is 0. The summed E-state index contributed by atoms with van der Waals surface area (Å²) in [6.07, 6.45) is 5.19. The number of nitrogens with zero attached hydrogens (tertiary/aromatic N) is 6. The number of piperazine rings is 1. The van der Waals surface area contributed by atoms with E-state index in [0.29, 0.717) is 31.5 Å². The Kier molecular flexibility index (Phi) is 6.90. The van der Waals surface area contributed by atoms with Crippen molar-refractivity contribution in [1.82, 2.24) is 25.0 Å². The predicted octanol–water partition coefficient (Wildman–Crippen LogP) is 2.18. The maximum Gasteiger partial charge on any atom is 0.246 e. The number of hydrogen-bond acceptors (Lipinski definition) is 6. The van der Waals surface area contributed by atoms with Crippen LogP contribution in [0.15, 0.2) is 45.6 Å². The van der Waals surface area contributed by atoms with Crippen LogP contribution in [0.1, 0.15) is 5.69 Å². The number of nitrogens with one attached hydrogen (secondary N) is 1. The molecule has 1 fully saturated rings. The highest BCUT2D eigenvalue weighted by molar-refractivity contribution is 14.0. The van der Waals surface area contributed by atoms with E-state index in [1.54, 1.807) is 40.4 Å². The Morgan fingerprint density at radius 2 is 2.28 bits per heavy atom. The lowest BCUT2D eigenvalue weighted by Crippen LogP contribution is -2.55. The van der Waals surface area contributed by atoms with Crippen LogP contribution < -0.4 is 10.2 Å². The smallest absolute Gasteiger partial charge is 0.246 e. The lowest BCUT2D eigenvalue weighted by Gasteiger charge is -2.35. The number of aryl methyl sites for hydroxylation is 1. The molecule has 1 aliphatic heterocycles. The van der Waals surface area contributed by atoms with Crippen LogP contribution in [0.25, 0.3) is 10.8 Å². The summed E-state index contributed by atoms with van der Waals surface area (Å²) >= 11 is 1.58. The summed E-state index contributed by atoms with van der Waals surface area (Å²) in [6.45, 7) is 1.99. The Morgan fingerprint density at radius 1 is 1.41 bits per heavy atom. The molecular weight excluding hydrogens is 505 g/mol. The van der Waals surface area contributed by atoms with Crippen LogP contribution in [0.3, 0.4) is 0 Å².